The van der Waals surface area contributed by atoms with E-state index in [9.17, 15) is 4.79 Å². The van der Waals surface area contributed by atoms with Crippen molar-refractivity contribution in [2.45, 2.75) is 83.7 Å². The van der Waals surface area contributed by atoms with Gasteiger partial charge in [-0.25, -0.2) is 0 Å². The Morgan fingerprint density at radius 1 is 1.17 bits per heavy atom. The molecule has 0 aromatic carbocycles. The maximum absolute atomic E-state index is 12.6. The van der Waals surface area contributed by atoms with E-state index in [0.29, 0.717) is 12.1 Å². The Morgan fingerprint density at radius 2 is 1.92 bits per heavy atom. The van der Waals surface area contributed by atoms with E-state index in [2.05, 4.69) is 29.4 Å². The van der Waals surface area contributed by atoms with Crippen LogP contribution in [0.4, 0.5) is 0 Å². The lowest BCUT2D eigenvalue weighted by atomic mass is 9.97. The van der Waals surface area contributed by atoms with Gasteiger partial charge in [0.15, 0.2) is 0 Å². The molecule has 1 amide bonds. The summed E-state index contributed by atoms with van der Waals surface area (Å²) in [5, 5.41) is 5.25. The number of aryl methyl sites for hydroxylation is 1. The highest BCUT2D eigenvalue weighted by Crippen LogP contribution is 2.29. The fourth-order valence-corrected chi connectivity index (χ4v) is 5.46. The van der Waals surface area contributed by atoms with Crippen LogP contribution in [0.5, 0.6) is 0 Å². The van der Waals surface area contributed by atoms with Gasteiger partial charge in [0, 0.05) is 35.4 Å². The van der Waals surface area contributed by atoms with Gasteiger partial charge in [-0.05, 0) is 64.4 Å². The third kappa shape index (κ3) is 4.20. The second-order valence-corrected chi connectivity index (χ2v) is 8.55. The highest BCUT2D eigenvalue weighted by molar-refractivity contribution is 7.10. The molecule has 0 spiro atoms. The largest absolute Gasteiger partial charge is 0.352 e. The van der Waals surface area contributed by atoms with Crippen molar-refractivity contribution in [2.75, 3.05) is 13.1 Å². The van der Waals surface area contributed by atoms with E-state index in [4.69, 9.17) is 0 Å². The number of likely N-dealkylation sites (tertiary alicyclic amines) is 1. The molecule has 1 aliphatic heterocycles. The van der Waals surface area contributed by atoms with Crippen molar-refractivity contribution in [3.8, 4) is 0 Å². The smallest absolute Gasteiger partial charge is 0.252 e. The molecule has 1 N–H and O–H groups in total. The number of rotatable bonds is 5. The Hall–Kier alpha value is -0.870. The van der Waals surface area contributed by atoms with Gasteiger partial charge in [0.2, 0.25) is 0 Å². The zero-order valence-corrected chi connectivity index (χ0v) is 16.1. The molecule has 1 saturated heterocycles. The lowest BCUT2D eigenvalue weighted by Crippen LogP contribution is -2.44. The van der Waals surface area contributed by atoms with E-state index < -0.39 is 0 Å². The summed E-state index contributed by atoms with van der Waals surface area (Å²) < 4.78 is 0. The summed E-state index contributed by atoms with van der Waals surface area (Å²) in [5.41, 5.74) is 2.30. The summed E-state index contributed by atoms with van der Waals surface area (Å²) in [5.74, 6) is 0.147. The molecular weight excluding hydrogens is 316 g/mol. The molecule has 0 unspecified atom stereocenters. The fourth-order valence-electron chi connectivity index (χ4n) is 4.34. The van der Waals surface area contributed by atoms with Crippen LogP contribution in [-0.4, -0.2) is 36.0 Å². The molecule has 2 heterocycles. The van der Waals surface area contributed by atoms with Crippen molar-refractivity contribution >= 4 is 17.2 Å². The molecule has 24 heavy (non-hydrogen) atoms. The number of hydrogen-bond acceptors (Lipinski definition) is 3. The van der Waals surface area contributed by atoms with Crippen LogP contribution in [0.1, 0.15) is 79.6 Å². The zero-order chi connectivity index (χ0) is 16.9. The first-order valence-electron chi connectivity index (χ1n) is 9.80. The average molecular weight is 349 g/mol. The minimum Gasteiger partial charge on any atom is -0.352 e. The van der Waals surface area contributed by atoms with Gasteiger partial charge in [0.1, 0.15) is 0 Å². The fraction of sp³-hybridized carbons (Fsp3) is 0.750. The molecule has 3 rings (SSSR count). The molecule has 2 aliphatic rings. The molecule has 0 bridgehead atoms. The lowest BCUT2D eigenvalue weighted by Gasteiger charge is -2.39. The van der Waals surface area contributed by atoms with Gasteiger partial charge in [-0.15, -0.1) is 11.3 Å². The molecule has 1 fully saturated rings. The monoisotopic (exact) mass is 348 g/mol. The molecule has 3 nitrogen and oxygen atoms in total. The number of amides is 1. The molecule has 2 atom stereocenters. The SMILES string of the molecule is C[C@@H]1CCC[C@@H](C)N1CCCNC(=O)c1csc2c1CCCCC2. The number of thiophene rings is 1. The van der Waals surface area contributed by atoms with Gasteiger partial charge in [-0.1, -0.05) is 12.8 Å². The maximum atomic E-state index is 12.6. The highest BCUT2D eigenvalue weighted by atomic mass is 32.1. The topological polar surface area (TPSA) is 32.3 Å². The van der Waals surface area contributed by atoms with Gasteiger partial charge >= 0.3 is 0 Å². The number of carbonyl (C=O) groups excluding carboxylic acids is 1. The van der Waals surface area contributed by atoms with E-state index in [1.807, 2.05) is 0 Å². The Bertz CT molecular complexity index is 544. The summed E-state index contributed by atoms with van der Waals surface area (Å²) in [6.45, 7) is 6.58. The molecule has 0 radical (unpaired) electrons. The number of nitrogens with one attached hydrogen (secondary N) is 1. The Morgan fingerprint density at radius 3 is 2.71 bits per heavy atom. The van der Waals surface area contributed by atoms with Crippen molar-refractivity contribution in [3.63, 3.8) is 0 Å². The maximum Gasteiger partial charge on any atom is 0.252 e. The zero-order valence-electron chi connectivity index (χ0n) is 15.3. The predicted molar refractivity (Wildman–Crippen MR) is 102 cm³/mol. The van der Waals surface area contributed by atoms with Gasteiger partial charge in [-0.3, -0.25) is 9.69 Å². The van der Waals surface area contributed by atoms with Crippen LogP contribution in [0.2, 0.25) is 0 Å². The highest BCUT2D eigenvalue weighted by Gasteiger charge is 2.24. The number of hydrogen-bond donors (Lipinski definition) is 1. The first-order valence-corrected chi connectivity index (χ1v) is 10.7. The summed E-state index contributed by atoms with van der Waals surface area (Å²) in [4.78, 5) is 16.6. The van der Waals surface area contributed by atoms with Gasteiger partial charge in [0.05, 0.1) is 5.56 Å². The van der Waals surface area contributed by atoms with Crippen molar-refractivity contribution in [2.24, 2.45) is 0 Å². The molecule has 1 aromatic heterocycles. The first kappa shape index (κ1) is 17.9. The molecule has 134 valence electrons. The van der Waals surface area contributed by atoms with Crippen LogP contribution < -0.4 is 5.32 Å². The Kier molecular flexibility index (Phi) is 6.34. The lowest BCUT2D eigenvalue weighted by molar-refractivity contribution is 0.0925. The van der Waals surface area contributed by atoms with Crippen molar-refractivity contribution < 1.29 is 4.79 Å². The van der Waals surface area contributed by atoms with Crippen LogP contribution in [0.3, 0.4) is 0 Å². The first-order chi connectivity index (χ1) is 11.7. The number of piperidine rings is 1. The Balaban J connectivity index is 1.47. The number of fused-ring (bicyclic) bond motifs is 1. The Labute approximate surface area is 150 Å². The minimum atomic E-state index is 0.147. The van der Waals surface area contributed by atoms with Gasteiger partial charge in [0.25, 0.3) is 5.91 Å². The van der Waals surface area contributed by atoms with E-state index in [-0.39, 0.29) is 5.91 Å². The average Bonchev–Trinajstić information content (AvgIpc) is 2.82. The second-order valence-electron chi connectivity index (χ2n) is 7.59. The van der Waals surface area contributed by atoms with Crippen LogP contribution in [0, 0.1) is 0 Å². The van der Waals surface area contributed by atoms with E-state index in [1.165, 1.54) is 49.0 Å². The number of carbonyl (C=O) groups is 1. The molecule has 1 aliphatic carbocycles. The van der Waals surface area contributed by atoms with Crippen molar-refractivity contribution in [1.82, 2.24) is 10.2 Å². The standard InChI is InChI=1S/C20H32N2OS/c1-15-8-6-9-16(2)22(15)13-7-12-21-20(23)18-14-24-19-11-5-3-4-10-17(18)19/h14-16H,3-13H2,1-2H3,(H,21,23)/t15-,16-/m1/s1. The van der Waals surface area contributed by atoms with Gasteiger partial charge < -0.3 is 5.32 Å². The van der Waals surface area contributed by atoms with E-state index in [1.54, 1.807) is 11.3 Å². The molecular formula is C20H32N2OS. The summed E-state index contributed by atoms with van der Waals surface area (Å²) >= 11 is 1.79. The predicted octanol–water partition coefficient (Wildman–Crippen LogP) is 4.40. The van der Waals surface area contributed by atoms with Gasteiger partial charge in [-0.2, -0.15) is 0 Å². The quantitative estimate of drug-likeness (QED) is 0.632. The molecule has 0 saturated carbocycles. The second kappa shape index (κ2) is 8.48. The van der Waals surface area contributed by atoms with Crippen molar-refractivity contribution in [3.05, 3.63) is 21.4 Å². The van der Waals surface area contributed by atoms with Crippen LogP contribution >= 0.6 is 11.3 Å². The van der Waals surface area contributed by atoms with E-state index in [0.717, 1.165) is 37.9 Å². The summed E-state index contributed by atoms with van der Waals surface area (Å²) in [6, 6.07) is 1.38. The van der Waals surface area contributed by atoms with E-state index >= 15 is 0 Å². The summed E-state index contributed by atoms with van der Waals surface area (Å²) in [7, 11) is 0. The molecule has 4 heteroatoms. The third-order valence-corrected chi connectivity index (χ3v) is 6.90. The van der Waals surface area contributed by atoms with Crippen LogP contribution in [0.15, 0.2) is 5.38 Å². The van der Waals surface area contributed by atoms with Crippen LogP contribution in [-0.2, 0) is 12.8 Å². The van der Waals surface area contributed by atoms with Crippen molar-refractivity contribution in [1.29, 1.82) is 0 Å². The van der Waals surface area contributed by atoms with Crippen LogP contribution in [0.25, 0.3) is 0 Å². The minimum absolute atomic E-state index is 0.147. The summed E-state index contributed by atoms with van der Waals surface area (Å²) in [6.07, 6.45) is 11.1. The number of nitrogens with zero attached hydrogens (tertiary/aromatic N) is 1. The third-order valence-electron chi connectivity index (χ3n) is 5.81. The molecule has 1 aromatic rings. The normalized spacial score (nSPS) is 25.1.